The summed E-state index contributed by atoms with van der Waals surface area (Å²) in [4.78, 5) is 5.59. The molecule has 1 aliphatic heterocycles. The molecule has 15 heavy (non-hydrogen) atoms. The van der Waals surface area contributed by atoms with Gasteiger partial charge in [0.1, 0.15) is 0 Å². The Balaban J connectivity index is 2.47. The predicted molar refractivity (Wildman–Crippen MR) is 69.2 cm³/mol. The fraction of sp³-hybridized carbons (Fsp3) is 0.909. The van der Waals surface area contributed by atoms with Crippen molar-refractivity contribution in [2.24, 2.45) is 5.73 Å². The van der Waals surface area contributed by atoms with E-state index in [-0.39, 0.29) is 0 Å². The van der Waals surface area contributed by atoms with E-state index < -0.39 is 0 Å². The van der Waals surface area contributed by atoms with E-state index in [9.17, 15) is 0 Å². The monoisotopic (exact) mass is 229 g/mol. The van der Waals surface area contributed by atoms with Crippen LogP contribution in [0.1, 0.15) is 26.2 Å². The van der Waals surface area contributed by atoms with Gasteiger partial charge >= 0.3 is 0 Å². The molecule has 3 nitrogen and oxygen atoms in total. The third-order valence-corrected chi connectivity index (χ3v) is 3.35. The van der Waals surface area contributed by atoms with Crippen LogP contribution in [0.4, 0.5) is 0 Å². The summed E-state index contributed by atoms with van der Waals surface area (Å²) in [6, 6.07) is 0.550. The van der Waals surface area contributed by atoms with Gasteiger partial charge < -0.3 is 10.6 Å². The van der Waals surface area contributed by atoms with Gasteiger partial charge in [0.15, 0.2) is 0 Å². The summed E-state index contributed by atoms with van der Waals surface area (Å²) in [5.41, 5.74) is 5.64. The van der Waals surface area contributed by atoms with Crippen LogP contribution < -0.4 is 5.73 Å². The first-order chi connectivity index (χ1) is 7.13. The van der Waals surface area contributed by atoms with Gasteiger partial charge in [-0.3, -0.25) is 4.90 Å². The maximum absolute atomic E-state index is 5.64. The Morgan fingerprint density at radius 3 is 2.67 bits per heavy atom. The lowest BCUT2D eigenvalue weighted by Crippen LogP contribution is -2.39. The van der Waals surface area contributed by atoms with Crippen molar-refractivity contribution in [1.29, 1.82) is 0 Å². The molecule has 1 fully saturated rings. The van der Waals surface area contributed by atoms with E-state index >= 15 is 0 Å². The maximum Gasteiger partial charge on any atom is 0.0743 e. The molecule has 0 aliphatic carbocycles. The molecule has 4 heteroatoms. The number of hydrogen-bond acceptors (Lipinski definition) is 3. The minimum Gasteiger partial charge on any atom is -0.393 e. The van der Waals surface area contributed by atoms with Gasteiger partial charge in [-0.25, -0.2) is 0 Å². The van der Waals surface area contributed by atoms with Gasteiger partial charge in [-0.05, 0) is 33.0 Å². The Kier molecular flexibility index (Phi) is 5.50. The minimum atomic E-state index is 0.550. The van der Waals surface area contributed by atoms with Crippen LogP contribution in [0.2, 0.25) is 0 Å². The standard InChI is InChI=1S/C11H23N3S/c1-3-10(9-11(12)15)14-6-4-5-13(2)7-8-14/h10H,3-9H2,1-2H3,(H2,12,15). The third kappa shape index (κ3) is 4.45. The second-order valence-corrected chi connectivity index (χ2v) is 4.95. The van der Waals surface area contributed by atoms with Crippen LogP contribution in [0.3, 0.4) is 0 Å². The SMILES string of the molecule is CCC(CC(N)=S)N1CCCN(C)CC1. The van der Waals surface area contributed by atoms with Crippen molar-refractivity contribution in [3.63, 3.8) is 0 Å². The molecule has 0 radical (unpaired) electrons. The van der Waals surface area contributed by atoms with Gasteiger partial charge in [-0.2, -0.15) is 0 Å². The highest BCUT2D eigenvalue weighted by Crippen LogP contribution is 2.12. The second kappa shape index (κ2) is 6.40. The zero-order chi connectivity index (χ0) is 11.3. The smallest absolute Gasteiger partial charge is 0.0743 e. The maximum atomic E-state index is 5.64. The summed E-state index contributed by atoms with van der Waals surface area (Å²) in [7, 11) is 2.19. The van der Waals surface area contributed by atoms with E-state index in [2.05, 4.69) is 23.8 Å². The van der Waals surface area contributed by atoms with Crippen LogP contribution in [0.5, 0.6) is 0 Å². The Bertz CT molecular complexity index is 208. The highest BCUT2D eigenvalue weighted by Gasteiger charge is 2.19. The normalized spacial score (nSPS) is 22.3. The van der Waals surface area contributed by atoms with Crippen molar-refractivity contribution >= 4 is 17.2 Å². The average molecular weight is 229 g/mol. The van der Waals surface area contributed by atoms with Crippen molar-refractivity contribution in [2.75, 3.05) is 33.2 Å². The summed E-state index contributed by atoms with van der Waals surface area (Å²) < 4.78 is 0. The lowest BCUT2D eigenvalue weighted by Gasteiger charge is -2.29. The van der Waals surface area contributed by atoms with Gasteiger partial charge in [-0.1, -0.05) is 19.1 Å². The van der Waals surface area contributed by atoms with Crippen LogP contribution in [0.15, 0.2) is 0 Å². The molecule has 1 heterocycles. The zero-order valence-electron chi connectivity index (χ0n) is 9.91. The Labute approximate surface area is 98.6 Å². The molecular formula is C11H23N3S. The topological polar surface area (TPSA) is 32.5 Å². The second-order valence-electron chi connectivity index (χ2n) is 4.43. The summed E-state index contributed by atoms with van der Waals surface area (Å²) in [5.74, 6) is 0. The lowest BCUT2D eigenvalue weighted by atomic mass is 10.1. The van der Waals surface area contributed by atoms with Crippen LogP contribution in [0.25, 0.3) is 0 Å². The highest BCUT2D eigenvalue weighted by molar-refractivity contribution is 7.80. The van der Waals surface area contributed by atoms with Gasteiger partial charge in [0.05, 0.1) is 4.99 Å². The van der Waals surface area contributed by atoms with E-state index in [1.165, 1.54) is 19.5 Å². The number of thiocarbonyl (C=S) groups is 1. The van der Waals surface area contributed by atoms with Crippen LogP contribution in [-0.2, 0) is 0 Å². The van der Waals surface area contributed by atoms with Crippen molar-refractivity contribution in [3.05, 3.63) is 0 Å². The Morgan fingerprint density at radius 1 is 1.33 bits per heavy atom. The first kappa shape index (κ1) is 12.9. The lowest BCUT2D eigenvalue weighted by molar-refractivity contribution is 0.201. The van der Waals surface area contributed by atoms with Gasteiger partial charge in [-0.15, -0.1) is 0 Å². The summed E-state index contributed by atoms with van der Waals surface area (Å²) >= 11 is 5.01. The summed E-state index contributed by atoms with van der Waals surface area (Å²) in [6.45, 7) is 6.93. The minimum absolute atomic E-state index is 0.550. The molecule has 2 N–H and O–H groups in total. The fourth-order valence-electron chi connectivity index (χ4n) is 2.20. The summed E-state index contributed by atoms with van der Waals surface area (Å²) in [6.07, 6.45) is 3.26. The number of rotatable bonds is 4. The van der Waals surface area contributed by atoms with Crippen LogP contribution in [0, 0.1) is 0 Å². The average Bonchev–Trinajstić information content (AvgIpc) is 2.39. The first-order valence-corrected chi connectivity index (χ1v) is 6.25. The highest BCUT2D eigenvalue weighted by atomic mass is 32.1. The number of hydrogen-bond donors (Lipinski definition) is 1. The van der Waals surface area contributed by atoms with E-state index in [1.54, 1.807) is 0 Å². The van der Waals surface area contributed by atoms with Gasteiger partial charge in [0.25, 0.3) is 0 Å². The molecule has 0 aromatic heterocycles. The molecule has 0 aromatic carbocycles. The Morgan fingerprint density at radius 2 is 2.07 bits per heavy atom. The molecule has 0 aromatic rings. The molecule has 0 amide bonds. The molecule has 1 unspecified atom stereocenters. The quantitative estimate of drug-likeness (QED) is 0.731. The van der Waals surface area contributed by atoms with Crippen LogP contribution in [-0.4, -0.2) is 54.1 Å². The van der Waals surface area contributed by atoms with Crippen molar-refractivity contribution < 1.29 is 0 Å². The molecule has 0 bridgehead atoms. The molecule has 1 saturated heterocycles. The third-order valence-electron chi connectivity index (χ3n) is 3.18. The van der Waals surface area contributed by atoms with E-state index in [0.717, 1.165) is 25.9 Å². The van der Waals surface area contributed by atoms with Crippen molar-refractivity contribution in [1.82, 2.24) is 9.80 Å². The molecule has 88 valence electrons. The molecular weight excluding hydrogens is 206 g/mol. The van der Waals surface area contributed by atoms with E-state index in [4.69, 9.17) is 18.0 Å². The first-order valence-electron chi connectivity index (χ1n) is 5.84. The van der Waals surface area contributed by atoms with E-state index in [0.29, 0.717) is 11.0 Å². The molecule has 1 atom stereocenters. The molecule has 0 spiro atoms. The Hall–Kier alpha value is -0.190. The van der Waals surface area contributed by atoms with Crippen LogP contribution >= 0.6 is 12.2 Å². The molecule has 0 saturated carbocycles. The van der Waals surface area contributed by atoms with Crippen molar-refractivity contribution in [3.8, 4) is 0 Å². The number of nitrogens with two attached hydrogens (primary N) is 1. The largest absolute Gasteiger partial charge is 0.393 e. The van der Waals surface area contributed by atoms with Gasteiger partial charge in [0.2, 0.25) is 0 Å². The van der Waals surface area contributed by atoms with E-state index in [1.807, 2.05) is 0 Å². The molecule has 1 rings (SSSR count). The van der Waals surface area contributed by atoms with Gasteiger partial charge in [0, 0.05) is 25.6 Å². The van der Waals surface area contributed by atoms with Crippen molar-refractivity contribution in [2.45, 2.75) is 32.2 Å². The summed E-state index contributed by atoms with van der Waals surface area (Å²) in [5, 5.41) is 0. The zero-order valence-corrected chi connectivity index (χ0v) is 10.7. The fourth-order valence-corrected chi connectivity index (χ4v) is 2.39. The number of nitrogens with zero attached hydrogens (tertiary/aromatic N) is 2. The number of likely N-dealkylation sites (N-methyl/N-ethyl adjacent to an activating group) is 1. The molecule has 1 aliphatic rings. The predicted octanol–water partition coefficient (Wildman–Crippen LogP) is 1.08.